The number of carbonyl (C=O) groups excluding carboxylic acids is 3. The van der Waals surface area contributed by atoms with E-state index in [1.807, 2.05) is 54.6 Å². The van der Waals surface area contributed by atoms with E-state index in [-0.39, 0.29) is 24.7 Å². The Morgan fingerprint density at radius 2 is 1.73 bits per heavy atom. The molecule has 0 saturated carbocycles. The molecule has 0 unspecified atom stereocenters. The first kappa shape index (κ1) is 21.2. The van der Waals surface area contributed by atoms with Crippen molar-refractivity contribution in [1.29, 1.82) is 0 Å². The average molecular weight is 408 g/mol. The largest absolute Gasteiger partial charge is 0.497 e. The van der Waals surface area contributed by atoms with E-state index in [1.54, 1.807) is 7.11 Å². The lowest BCUT2D eigenvalue weighted by atomic mass is 9.98. The van der Waals surface area contributed by atoms with E-state index in [4.69, 9.17) is 9.47 Å². The topological polar surface area (TPSA) is 85.3 Å². The monoisotopic (exact) mass is 408 g/mol. The van der Waals surface area contributed by atoms with Crippen LogP contribution in [-0.4, -0.2) is 42.1 Å². The summed E-state index contributed by atoms with van der Waals surface area (Å²) in [4.78, 5) is 35.6. The predicted octanol–water partition coefficient (Wildman–Crippen LogP) is 3.29. The Kier molecular flexibility index (Phi) is 6.95. The molecule has 0 bridgehead atoms. The molecule has 1 heterocycles. The van der Waals surface area contributed by atoms with Gasteiger partial charge in [0.15, 0.2) is 6.61 Å². The summed E-state index contributed by atoms with van der Waals surface area (Å²) in [5.41, 5.74) is 2.62. The quantitative estimate of drug-likeness (QED) is 0.626. The number of ether oxygens (including phenoxy) is 2. The zero-order valence-electron chi connectivity index (χ0n) is 17.0. The standard InChI is InChI=1S/C23H24N2O5/c1-16(26)8-13-23(28)30-15-22(27)25-21(18-9-11-19(29-2)12-10-18)14-20(24-25)17-6-4-3-5-7-17/h3-7,9-12,21H,8,13-15H2,1-2H3/t21-/m1/s1. The number of methoxy groups -OCH3 is 1. The predicted molar refractivity (Wildman–Crippen MR) is 111 cm³/mol. The van der Waals surface area contributed by atoms with Gasteiger partial charge in [-0.15, -0.1) is 0 Å². The highest BCUT2D eigenvalue weighted by Gasteiger charge is 2.33. The maximum absolute atomic E-state index is 12.8. The lowest BCUT2D eigenvalue weighted by molar-refractivity contribution is -0.153. The molecular weight excluding hydrogens is 384 g/mol. The van der Waals surface area contributed by atoms with Gasteiger partial charge in [-0.05, 0) is 30.2 Å². The molecule has 156 valence electrons. The number of benzene rings is 2. The van der Waals surface area contributed by atoms with E-state index in [1.165, 1.54) is 11.9 Å². The molecule has 1 aliphatic heterocycles. The van der Waals surface area contributed by atoms with E-state index in [0.29, 0.717) is 6.42 Å². The van der Waals surface area contributed by atoms with Gasteiger partial charge >= 0.3 is 5.97 Å². The number of carbonyl (C=O) groups is 3. The highest BCUT2D eigenvalue weighted by Crippen LogP contribution is 2.33. The molecule has 3 rings (SSSR count). The number of esters is 1. The molecule has 7 heteroatoms. The molecule has 0 saturated heterocycles. The fourth-order valence-corrected chi connectivity index (χ4v) is 3.19. The van der Waals surface area contributed by atoms with Crippen LogP contribution in [0.5, 0.6) is 5.75 Å². The van der Waals surface area contributed by atoms with Gasteiger partial charge in [0.25, 0.3) is 5.91 Å². The minimum atomic E-state index is -0.578. The Morgan fingerprint density at radius 1 is 1.03 bits per heavy atom. The third-order valence-corrected chi connectivity index (χ3v) is 4.81. The summed E-state index contributed by atoms with van der Waals surface area (Å²) in [5.74, 6) is -0.378. The molecule has 1 atom stereocenters. The fraction of sp³-hybridized carbons (Fsp3) is 0.304. The number of hydrazone groups is 1. The van der Waals surface area contributed by atoms with E-state index in [2.05, 4.69) is 5.10 Å². The van der Waals surface area contributed by atoms with Crippen LogP contribution in [0, 0.1) is 0 Å². The normalized spacial score (nSPS) is 15.5. The Hall–Kier alpha value is -3.48. The van der Waals surface area contributed by atoms with E-state index >= 15 is 0 Å². The van der Waals surface area contributed by atoms with Crippen molar-refractivity contribution in [2.45, 2.75) is 32.2 Å². The van der Waals surface area contributed by atoms with Crippen molar-refractivity contribution in [2.75, 3.05) is 13.7 Å². The number of nitrogens with zero attached hydrogens (tertiary/aromatic N) is 2. The number of hydrogen-bond donors (Lipinski definition) is 0. The van der Waals surface area contributed by atoms with Crippen molar-refractivity contribution in [3.8, 4) is 5.75 Å². The second-order valence-electron chi connectivity index (χ2n) is 7.01. The van der Waals surface area contributed by atoms with Crippen LogP contribution >= 0.6 is 0 Å². The fourth-order valence-electron chi connectivity index (χ4n) is 3.19. The Morgan fingerprint density at radius 3 is 2.37 bits per heavy atom. The first-order chi connectivity index (χ1) is 14.5. The van der Waals surface area contributed by atoms with Crippen LogP contribution in [0.2, 0.25) is 0 Å². The van der Waals surface area contributed by atoms with Crippen molar-refractivity contribution >= 4 is 23.4 Å². The molecule has 0 spiro atoms. The summed E-state index contributed by atoms with van der Waals surface area (Å²) in [6.07, 6.45) is 0.602. The average Bonchev–Trinajstić information content (AvgIpc) is 3.22. The van der Waals surface area contributed by atoms with Crippen LogP contribution in [0.15, 0.2) is 59.7 Å². The van der Waals surface area contributed by atoms with E-state index < -0.39 is 18.5 Å². The maximum atomic E-state index is 12.8. The smallest absolute Gasteiger partial charge is 0.306 e. The lowest BCUT2D eigenvalue weighted by Crippen LogP contribution is -2.31. The molecule has 30 heavy (non-hydrogen) atoms. The highest BCUT2D eigenvalue weighted by molar-refractivity contribution is 6.03. The molecule has 0 radical (unpaired) electrons. The molecule has 0 fully saturated rings. The van der Waals surface area contributed by atoms with Crippen LogP contribution in [-0.2, 0) is 19.1 Å². The molecule has 0 aliphatic carbocycles. The second-order valence-corrected chi connectivity index (χ2v) is 7.01. The van der Waals surface area contributed by atoms with Gasteiger partial charge in [0, 0.05) is 12.8 Å². The molecule has 0 aromatic heterocycles. The van der Waals surface area contributed by atoms with Crippen molar-refractivity contribution in [1.82, 2.24) is 5.01 Å². The third kappa shape index (κ3) is 5.31. The number of amides is 1. The van der Waals surface area contributed by atoms with Gasteiger partial charge in [-0.2, -0.15) is 5.10 Å². The summed E-state index contributed by atoms with van der Waals surface area (Å²) in [6.45, 7) is 0.983. The maximum Gasteiger partial charge on any atom is 0.306 e. The summed E-state index contributed by atoms with van der Waals surface area (Å²) in [5, 5.41) is 5.91. The van der Waals surface area contributed by atoms with Crippen molar-refractivity contribution in [2.24, 2.45) is 5.10 Å². The molecule has 1 amide bonds. The van der Waals surface area contributed by atoms with Crippen molar-refractivity contribution < 1.29 is 23.9 Å². The van der Waals surface area contributed by atoms with Crippen molar-refractivity contribution in [3.05, 3.63) is 65.7 Å². The van der Waals surface area contributed by atoms with Gasteiger partial charge < -0.3 is 14.3 Å². The molecule has 2 aromatic rings. The molecule has 0 N–H and O–H groups in total. The van der Waals surface area contributed by atoms with Crippen LogP contribution in [0.1, 0.15) is 43.4 Å². The first-order valence-corrected chi connectivity index (χ1v) is 9.72. The van der Waals surface area contributed by atoms with Crippen LogP contribution in [0.3, 0.4) is 0 Å². The molecule has 2 aromatic carbocycles. The summed E-state index contributed by atoms with van der Waals surface area (Å²) >= 11 is 0. The van der Waals surface area contributed by atoms with Gasteiger partial charge in [-0.3, -0.25) is 9.59 Å². The molecule has 7 nitrogen and oxygen atoms in total. The zero-order valence-corrected chi connectivity index (χ0v) is 17.0. The van der Waals surface area contributed by atoms with Gasteiger partial charge in [0.05, 0.1) is 25.3 Å². The zero-order chi connectivity index (χ0) is 21.5. The Labute approximate surface area is 175 Å². The van der Waals surface area contributed by atoms with Crippen LogP contribution < -0.4 is 4.74 Å². The number of ketones is 1. The molecular formula is C23H24N2O5. The van der Waals surface area contributed by atoms with E-state index in [9.17, 15) is 14.4 Å². The van der Waals surface area contributed by atoms with Crippen molar-refractivity contribution in [3.63, 3.8) is 0 Å². The highest BCUT2D eigenvalue weighted by atomic mass is 16.5. The number of Topliss-reactive ketones (excluding diaryl/α,β-unsaturated/α-hetero) is 1. The van der Waals surface area contributed by atoms with Gasteiger partial charge in [-0.1, -0.05) is 42.5 Å². The number of hydrogen-bond acceptors (Lipinski definition) is 6. The number of rotatable bonds is 8. The summed E-state index contributed by atoms with van der Waals surface area (Å²) in [6, 6.07) is 16.8. The third-order valence-electron chi connectivity index (χ3n) is 4.81. The minimum Gasteiger partial charge on any atom is -0.497 e. The van der Waals surface area contributed by atoms with Gasteiger partial charge in [-0.25, -0.2) is 5.01 Å². The summed E-state index contributed by atoms with van der Waals surface area (Å²) in [7, 11) is 1.59. The lowest BCUT2D eigenvalue weighted by Gasteiger charge is -2.22. The van der Waals surface area contributed by atoms with Crippen LogP contribution in [0.25, 0.3) is 0 Å². The Bertz CT molecular complexity index is 938. The van der Waals surface area contributed by atoms with Gasteiger partial charge in [0.1, 0.15) is 11.5 Å². The SMILES string of the molecule is COc1ccc([C@H]2CC(c3ccccc3)=NN2C(=O)COC(=O)CCC(C)=O)cc1. The van der Waals surface area contributed by atoms with Gasteiger partial charge in [0.2, 0.25) is 0 Å². The Balaban J connectivity index is 1.76. The summed E-state index contributed by atoms with van der Waals surface area (Å²) < 4.78 is 10.3. The van der Waals surface area contributed by atoms with E-state index in [0.717, 1.165) is 22.6 Å². The second kappa shape index (κ2) is 9.82. The minimum absolute atomic E-state index is 0.0386. The van der Waals surface area contributed by atoms with Crippen LogP contribution in [0.4, 0.5) is 0 Å². The first-order valence-electron chi connectivity index (χ1n) is 9.72. The molecule has 1 aliphatic rings.